The SMILES string of the molecule is CCOC(=O)CN(c1ccc(C(N)=S)cn1)C(C)C. The number of nitrogens with zero attached hydrogens (tertiary/aromatic N) is 2. The molecule has 1 aromatic heterocycles. The lowest BCUT2D eigenvalue weighted by molar-refractivity contribution is -0.141. The van der Waals surface area contributed by atoms with Gasteiger partial charge in [0.25, 0.3) is 0 Å². The number of carbonyl (C=O) groups is 1. The Morgan fingerprint density at radius 2 is 2.21 bits per heavy atom. The number of ether oxygens (including phenoxy) is 1. The molecule has 0 atom stereocenters. The zero-order valence-electron chi connectivity index (χ0n) is 11.4. The van der Waals surface area contributed by atoms with Gasteiger partial charge in [-0.1, -0.05) is 12.2 Å². The van der Waals surface area contributed by atoms with Crippen molar-refractivity contribution in [1.82, 2.24) is 4.98 Å². The Bertz CT molecular complexity index is 446. The number of carbonyl (C=O) groups excluding carboxylic acids is 1. The van der Waals surface area contributed by atoms with E-state index in [1.807, 2.05) is 18.7 Å². The summed E-state index contributed by atoms with van der Waals surface area (Å²) in [6.45, 7) is 6.31. The summed E-state index contributed by atoms with van der Waals surface area (Å²) in [6, 6.07) is 3.73. The van der Waals surface area contributed by atoms with E-state index in [0.29, 0.717) is 23.0 Å². The first kappa shape index (κ1) is 15.4. The summed E-state index contributed by atoms with van der Waals surface area (Å²) in [4.78, 5) is 18.0. The number of aromatic nitrogens is 1. The predicted molar refractivity (Wildman–Crippen MR) is 79.2 cm³/mol. The molecule has 6 heteroatoms. The number of thiocarbonyl (C=S) groups is 1. The molecule has 19 heavy (non-hydrogen) atoms. The molecule has 104 valence electrons. The Balaban J connectivity index is 2.87. The number of pyridine rings is 1. The maximum atomic E-state index is 11.6. The average Bonchev–Trinajstić information content (AvgIpc) is 2.36. The Labute approximate surface area is 118 Å². The van der Waals surface area contributed by atoms with Crippen LogP contribution >= 0.6 is 12.2 Å². The topological polar surface area (TPSA) is 68.5 Å². The van der Waals surface area contributed by atoms with Crippen molar-refractivity contribution in [2.45, 2.75) is 26.8 Å². The highest BCUT2D eigenvalue weighted by Gasteiger charge is 2.16. The van der Waals surface area contributed by atoms with Crippen molar-refractivity contribution in [3.63, 3.8) is 0 Å². The first-order valence-electron chi connectivity index (χ1n) is 6.13. The molecule has 1 aromatic rings. The molecule has 1 rings (SSSR count). The predicted octanol–water partition coefficient (Wildman–Crippen LogP) is 1.49. The average molecular weight is 281 g/mol. The molecular formula is C13H19N3O2S. The summed E-state index contributed by atoms with van der Waals surface area (Å²) in [7, 11) is 0. The molecule has 1 heterocycles. The van der Waals surface area contributed by atoms with Gasteiger partial charge in [-0.25, -0.2) is 4.98 Å². The fourth-order valence-electron chi connectivity index (χ4n) is 1.58. The van der Waals surface area contributed by atoms with Crippen LogP contribution in [0.1, 0.15) is 26.3 Å². The summed E-state index contributed by atoms with van der Waals surface area (Å²) in [5.41, 5.74) is 6.23. The summed E-state index contributed by atoms with van der Waals surface area (Å²) >= 11 is 4.88. The van der Waals surface area contributed by atoms with Crippen LogP contribution in [0.15, 0.2) is 18.3 Å². The third-order valence-electron chi connectivity index (χ3n) is 2.55. The van der Waals surface area contributed by atoms with E-state index in [-0.39, 0.29) is 18.6 Å². The minimum Gasteiger partial charge on any atom is -0.465 e. The van der Waals surface area contributed by atoms with Crippen molar-refractivity contribution in [3.8, 4) is 0 Å². The summed E-state index contributed by atoms with van der Waals surface area (Å²) in [5, 5.41) is 0. The molecule has 0 aromatic carbocycles. The Morgan fingerprint density at radius 1 is 1.53 bits per heavy atom. The fourth-order valence-corrected chi connectivity index (χ4v) is 1.70. The van der Waals surface area contributed by atoms with Gasteiger partial charge >= 0.3 is 5.97 Å². The molecule has 0 unspecified atom stereocenters. The van der Waals surface area contributed by atoms with Gasteiger partial charge in [0.05, 0.1) is 6.61 Å². The van der Waals surface area contributed by atoms with E-state index in [1.54, 1.807) is 25.3 Å². The van der Waals surface area contributed by atoms with Crippen LogP contribution in [0.2, 0.25) is 0 Å². The van der Waals surface area contributed by atoms with Gasteiger partial charge in [-0.15, -0.1) is 0 Å². The van der Waals surface area contributed by atoms with Crippen LogP contribution in [0.5, 0.6) is 0 Å². The van der Waals surface area contributed by atoms with Crippen LogP contribution < -0.4 is 10.6 Å². The molecule has 0 radical (unpaired) electrons. The van der Waals surface area contributed by atoms with Crippen LogP contribution in [0, 0.1) is 0 Å². The van der Waals surface area contributed by atoms with Crippen LogP contribution in [-0.4, -0.2) is 35.1 Å². The van der Waals surface area contributed by atoms with Gasteiger partial charge in [-0.2, -0.15) is 0 Å². The highest BCUT2D eigenvalue weighted by atomic mass is 32.1. The smallest absolute Gasteiger partial charge is 0.325 e. The van der Waals surface area contributed by atoms with Gasteiger partial charge in [0.1, 0.15) is 17.4 Å². The number of hydrogen-bond donors (Lipinski definition) is 1. The van der Waals surface area contributed by atoms with Crippen LogP contribution in [-0.2, 0) is 9.53 Å². The standard InChI is InChI=1S/C13H19N3O2S/c1-4-18-12(17)8-16(9(2)3)11-6-5-10(7-15-11)13(14)19/h5-7,9H,4,8H2,1-3H3,(H2,14,19). The largest absolute Gasteiger partial charge is 0.465 e. The van der Waals surface area contributed by atoms with E-state index < -0.39 is 0 Å². The monoisotopic (exact) mass is 281 g/mol. The van der Waals surface area contributed by atoms with E-state index in [0.717, 1.165) is 0 Å². The van der Waals surface area contributed by atoms with Crippen LogP contribution in [0.3, 0.4) is 0 Å². The Morgan fingerprint density at radius 3 is 2.63 bits per heavy atom. The van der Waals surface area contributed by atoms with Gasteiger partial charge in [-0.3, -0.25) is 4.79 Å². The number of nitrogens with two attached hydrogens (primary N) is 1. The number of hydrogen-bond acceptors (Lipinski definition) is 5. The number of rotatable bonds is 6. The van der Waals surface area contributed by atoms with Crippen molar-refractivity contribution >= 4 is 29.0 Å². The molecule has 0 saturated carbocycles. The van der Waals surface area contributed by atoms with Gasteiger partial charge in [0, 0.05) is 17.8 Å². The van der Waals surface area contributed by atoms with Crippen molar-refractivity contribution in [1.29, 1.82) is 0 Å². The quantitative estimate of drug-likeness (QED) is 0.629. The second-order valence-corrected chi connectivity index (χ2v) is 4.74. The van der Waals surface area contributed by atoms with Crippen molar-refractivity contribution < 1.29 is 9.53 Å². The summed E-state index contributed by atoms with van der Waals surface area (Å²) < 4.78 is 4.96. The molecule has 2 N–H and O–H groups in total. The van der Waals surface area contributed by atoms with Crippen molar-refractivity contribution in [3.05, 3.63) is 23.9 Å². The third-order valence-corrected chi connectivity index (χ3v) is 2.79. The molecular weight excluding hydrogens is 262 g/mol. The molecule has 5 nitrogen and oxygen atoms in total. The molecule has 0 saturated heterocycles. The number of anilines is 1. The van der Waals surface area contributed by atoms with E-state index in [9.17, 15) is 4.79 Å². The lowest BCUT2D eigenvalue weighted by Crippen LogP contribution is -2.37. The lowest BCUT2D eigenvalue weighted by Gasteiger charge is -2.26. The highest BCUT2D eigenvalue weighted by Crippen LogP contribution is 2.14. The fraction of sp³-hybridized carbons (Fsp3) is 0.462. The first-order chi connectivity index (χ1) is 8.95. The van der Waals surface area contributed by atoms with Gasteiger partial charge in [0.2, 0.25) is 0 Å². The zero-order chi connectivity index (χ0) is 14.4. The molecule has 0 bridgehead atoms. The van der Waals surface area contributed by atoms with Gasteiger partial charge < -0.3 is 15.4 Å². The summed E-state index contributed by atoms with van der Waals surface area (Å²) in [5.74, 6) is 0.430. The van der Waals surface area contributed by atoms with Gasteiger partial charge in [-0.05, 0) is 32.9 Å². The van der Waals surface area contributed by atoms with E-state index >= 15 is 0 Å². The van der Waals surface area contributed by atoms with Gasteiger partial charge in [0.15, 0.2) is 0 Å². The first-order valence-corrected chi connectivity index (χ1v) is 6.54. The number of esters is 1. The van der Waals surface area contributed by atoms with E-state index in [4.69, 9.17) is 22.7 Å². The minimum absolute atomic E-state index is 0.132. The highest BCUT2D eigenvalue weighted by molar-refractivity contribution is 7.80. The molecule has 0 spiro atoms. The molecule has 0 fully saturated rings. The second kappa shape index (κ2) is 7.04. The Hall–Kier alpha value is -1.69. The summed E-state index contributed by atoms with van der Waals surface area (Å²) in [6.07, 6.45) is 1.61. The van der Waals surface area contributed by atoms with Crippen molar-refractivity contribution in [2.75, 3.05) is 18.1 Å². The molecule has 0 aliphatic rings. The maximum absolute atomic E-state index is 11.6. The molecule has 0 aliphatic carbocycles. The van der Waals surface area contributed by atoms with E-state index in [2.05, 4.69) is 4.98 Å². The van der Waals surface area contributed by atoms with E-state index in [1.165, 1.54) is 0 Å². The molecule has 0 aliphatic heterocycles. The van der Waals surface area contributed by atoms with Crippen LogP contribution in [0.4, 0.5) is 5.82 Å². The zero-order valence-corrected chi connectivity index (χ0v) is 12.2. The minimum atomic E-state index is -0.267. The second-order valence-electron chi connectivity index (χ2n) is 4.30. The maximum Gasteiger partial charge on any atom is 0.325 e. The normalized spacial score (nSPS) is 10.3. The molecule has 0 amide bonds. The van der Waals surface area contributed by atoms with Crippen molar-refractivity contribution in [2.24, 2.45) is 5.73 Å². The third kappa shape index (κ3) is 4.48. The Kier molecular flexibility index (Phi) is 5.69. The van der Waals surface area contributed by atoms with Crippen LogP contribution in [0.25, 0.3) is 0 Å². The lowest BCUT2D eigenvalue weighted by atomic mass is 10.2.